The lowest BCUT2D eigenvalue weighted by Gasteiger charge is -2.15. The van der Waals surface area contributed by atoms with Gasteiger partial charge in [-0.3, -0.25) is 4.79 Å². The molecule has 1 N–H and O–H groups in total. The fourth-order valence-electron chi connectivity index (χ4n) is 1.66. The monoisotopic (exact) mass is 234 g/mol. The molecule has 0 saturated carbocycles. The molecular weight excluding hydrogens is 218 g/mol. The number of carbonyl (C=O) groups is 2. The zero-order chi connectivity index (χ0) is 12.8. The largest absolute Gasteiger partial charge is 0.545 e. The maximum absolute atomic E-state index is 11.8. The SMILES string of the molecule is CCC(CC)C(=O)Nc1ccccc1C(=O)[O-]. The van der Waals surface area contributed by atoms with Crippen LogP contribution >= 0.6 is 0 Å². The van der Waals surface area contributed by atoms with E-state index in [0.717, 1.165) is 12.8 Å². The summed E-state index contributed by atoms with van der Waals surface area (Å²) < 4.78 is 0. The van der Waals surface area contributed by atoms with Gasteiger partial charge in [-0.1, -0.05) is 32.0 Å². The number of para-hydroxylation sites is 1. The van der Waals surface area contributed by atoms with Gasteiger partial charge in [0.2, 0.25) is 5.91 Å². The summed E-state index contributed by atoms with van der Waals surface area (Å²) in [7, 11) is 0. The summed E-state index contributed by atoms with van der Waals surface area (Å²) in [6, 6.07) is 6.25. The van der Waals surface area contributed by atoms with Crippen LogP contribution in [0.1, 0.15) is 37.0 Å². The van der Waals surface area contributed by atoms with E-state index >= 15 is 0 Å². The molecule has 1 aromatic rings. The maximum Gasteiger partial charge on any atom is 0.227 e. The van der Waals surface area contributed by atoms with Crippen molar-refractivity contribution in [2.24, 2.45) is 5.92 Å². The smallest absolute Gasteiger partial charge is 0.227 e. The van der Waals surface area contributed by atoms with Crippen LogP contribution in [0.5, 0.6) is 0 Å². The van der Waals surface area contributed by atoms with Gasteiger partial charge in [0.15, 0.2) is 0 Å². The van der Waals surface area contributed by atoms with Crippen molar-refractivity contribution in [3.8, 4) is 0 Å². The van der Waals surface area contributed by atoms with Gasteiger partial charge in [-0.25, -0.2) is 0 Å². The summed E-state index contributed by atoms with van der Waals surface area (Å²) in [4.78, 5) is 22.7. The Bertz CT molecular complexity index is 411. The number of benzene rings is 1. The predicted molar refractivity (Wildman–Crippen MR) is 63.5 cm³/mol. The lowest BCUT2D eigenvalue weighted by atomic mass is 10.0. The second kappa shape index (κ2) is 6.03. The molecule has 0 unspecified atom stereocenters. The highest BCUT2D eigenvalue weighted by Crippen LogP contribution is 2.17. The van der Waals surface area contributed by atoms with Crippen LogP contribution in [0.15, 0.2) is 24.3 Å². The fraction of sp³-hybridized carbons (Fsp3) is 0.385. The van der Waals surface area contributed by atoms with Crippen molar-refractivity contribution in [2.75, 3.05) is 5.32 Å². The maximum atomic E-state index is 11.8. The molecular formula is C13H16NO3-. The number of carboxylic acids is 1. The van der Waals surface area contributed by atoms with Crippen molar-refractivity contribution < 1.29 is 14.7 Å². The predicted octanol–water partition coefficient (Wildman–Crippen LogP) is 1.42. The number of aromatic carboxylic acids is 1. The third-order valence-corrected chi connectivity index (χ3v) is 2.76. The van der Waals surface area contributed by atoms with Crippen LogP contribution in [0.2, 0.25) is 0 Å². The standard InChI is InChI=1S/C13H17NO3/c1-3-9(4-2)12(15)14-11-8-6-5-7-10(11)13(16)17/h5-9H,3-4H2,1-2H3,(H,14,15)(H,16,17)/p-1. The minimum Gasteiger partial charge on any atom is -0.545 e. The third kappa shape index (κ3) is 3.31. The Hall–Kier alpha value is -1.84. The quantitative estimate of drug-likeness (QED) is 0.837. The molecule has 0 fully saturated rings. The molecule has 92 valence electrons. The Morgan fingerprint density at radius 1 is 1.24 bits per heavy atom. The normalized spacial score (nSPS) is 10.3. The van der Waals surface area contributed by atoms with Crippen molar-refractivity contribution in [3.05, 3.63) is 29.8 Å². The molecule has 0 radical (unpaired) electrons. The first kappa shape index (κ1) is 13.2. The van der Waals surface area contributed by atoms with Gasteiger partial charge in [0.05, 0.1) is 5.97 Å². The lowest BCUT2D eigenvalue weighted by Crippen LogP contribution is -2.27. The van der Waals surface area contributed by atoms with Crippen molar-refractivity contribution in [3.63, 3.8) is 0 Å². The summed E-state index contributed by atoms with van der Waals surface area (Å²) in [5, 5.41) is 13.5. The lowest BCUT2D eigenvalue weighted by molar-refractivity contribution is -0.254. The molecule has 0 aliphatic rings. The van der Waals surface area contributed by atoms with Crippen molar-refractivity contribution >= 4 is 17.6 Å². The number of amides is 1. The first-order valence-corrected chi connectivity index (χ1v) is 5.71. The summed E-state index contributed by atoms with van der Waals surface area (Å²) in [5.41, 5.74) is 0.302. The highest BCUT2D eigenvalue weighted by Gasteiger charge is 2.15. The molecule has 1 aromatic carbocycles. The number of anilines is 1. The number of nitrogens with one attached hydrogen (secondary N) is 1. The van der Waals surface area contributed by atoms with Gasteiger partial charge >= 0.3 is 0 Å². The van der Waals surface area contributed by atoms with Crippen LogP contribution in [-0.4, -0.2) is 11.9 Å². The molecule has 4 heteroatoms. The van der Waals surface area contributed by atoms with Crippen molar-refractivity contribution in [1.82, 2.24) is 0 Å². The van der Waals surface area contributed by atoms with Crippen LogP contribution in [0.4, 0.5) is 5.69 Å². The Morgan fingerprint density at radius 3 is 2.35 bits per heavy atom. The van der Waals surface area contributed by atoms with Gasteiger partial charge in [-0.15, -0.1) is 0 Å². The number of carbonyl (C=O) groups excluding carboxylic acids is 2. The topological polar surface area (TPSA) is 69.2 Å². The Kier molecular flexibility index (Phi) is 4.69. The summed E-state index contributed by atoms with van der Waals surface area (Å²) in [5.74, 6) is -1.53. The zero-order valence-corrected chi connectivity index (χ0v) is 10.0. The molecule has 1 amide bonds. The second-order valence-corrected chi connectivity index (χ2v) is 3.84. The van der Waals surface area contributed by atoms with E-state index in [-0.39, 0.29) is 17.4 Å². The van der Waals surface area contributed by atoms with Crippen LogP contribution in [0.25, 0.3) is 0 Å². The Balaban J connectivity index is 2.88. The van der Waals surface area contributed by atoms with Gasteiger partial charge in [0, 0.05) is 17.2 Å². The molecule has 0 saturated heterocycles. The van der Waals surface area contributed by atoms with Crippen molar-refractivity contribution in [1.29, 1.82) is 0 Å². The molecule has 0 bridgehead atoms. The van der Waals surface area contributed by atoms with Crippen molar-refractivity contribution in [2.45, 2.75) is 26.7 Å². The molecule has 0 spiro atoms. The van der Waals surface area contributed by atoms with Gasteiger partial charge in [0.25, 0.3) is 0 Å². The zero-order valence-electron chi connectivity index (χ0n) is 10.0. The van der Waals surface area contributed by atoms with Gasteiger partial charge in [0.1, 0.15) is 0 Å². The van der Waals surface area contributed by atoms with E-state index in [0.29, 0.717) is 5.69 Å². The first-order chi connectivity index (χ1) is 8.10. The van der Waals surface area contributed by atoms with E-state index in [2.05, 4.69) is 5.32 Å². The second-order valence-electron chi connectivity index (χ2n) is 3.84. The Morgan fingerprint density at radius 2 is 1.82 bits per heavy atom. The van der Waals surface area contributed by atoms with Crippen LogP contribution in [0.3, 0.4) is 0 Å². The highest BCUT2D eigenvalue weighted by atomic mass is 16.4. The van der Waals surface area contributed by atoms with E-state index in [1.54, 1.807) is 18.2 Å². The molecule has 17 heavy (non-hydrogen) atoms. The summed E-state index contributed by atoms with van der Waals surface area (Å²) in [6.45, 7) is 3.86. The minimum absolute atomic E-state index is 0.00630. The number of carboxylic acid groups (broad SMARTS) is 1. The Labute approximate surface area is 101 Å². The van der Waals surface area contributed by atoms with E-state index < -0.39 is 5.97 Å². The fourth-order valence-corrected chi connectivity index (χ4v) is 1.66. The molecule has 0 atom stereocenters. The summed E-state index contributed by atoms with van der Waals surface area (Å²) >= 11 is 0. The van der Waals surface area contributed by atoms with Crippen LogP contribution < -0.4 is 10.4 Å². The molecule has 0 aliphatic heterocycles. The first-order valence-electron chi connectivity index (χ1n) is 5.71. The number of hydrogen-bond acceptors (Lipinski definition) is 3. The highest BCUT2D eigenvalue weighted by molar-refractivity contribution is 6.00. The van der Waals surface area contributed by atoms with E-state index in [1.807, 2.05) is 13.8 Å². The van der Waals surface area contributed by atoms with E-state index in [9.17, 15) is 14.7 Å². The third-order valence-electron chi connectivity index (χ3n) is 2.76. The molecule has 0 heterocycles. The van der Waals surface area contributed by atoms with E-state index in [4.69, 9.17) is 0 Å². The molecule has 4 nitrogen and oxygen atoms in total. The molecule has 0 aliphatic carbocycles. The molecule has 1 rings (SSSR count). The average molecular weight is 234 g/mol. The van der Waals surface area contributed by atoms with Gasteiger partial charge in [-0.05, 0) is 18.9 Å². The van der Waals surface area contributed by atoms with Gasteiger partial charge < -0.3 is 15.2 Å². The average Bonchev–Trinajstić information content (AvgIpc) is 2.31. The number of hydrogen-bond donors (Lipinski definition) is 1. The minimum atomic E-state index is -1.29. The van der Waals surface area contributed by atoms with Crippen LogP contribution in [0, 0.1) is 5.92 Å². The summed E-state index contributed by atoms with van der Waals surface area (Å²) in [6.07, 6.45) is 1.46. The number of rotatable bonds is 5. The van der Waals surface area contributed by atoms with E-state index in [1.165, 1.54) is 6.07 Å². The van der Waals surface area contributed by atoms with Crippen LogP contribution in [-0.2, 0) is 4.79 Å². The van der Waals surface area contributed by atoms with Gasteiger partial charge in [-0.2, -0.15) is 0 Å². The molecule has 0 aromatic heterocycles.